The molecule has 1 saturated carbocycles. The minimum atomic E-state index is -4.79. The van der Waals surface area contributed by atoms with Gasteiger partial charge in [0.15, 0.2) is 23.3 Å². The Kier molecular flexibility index (Phi) is 7.33. The van der Waals surface area contributed by atoms with Crippen LogP contribution in [0.25, 0.3) is 0 Å². The van der Waals surface area contributed by atoms with Gasteiger partial charge in [-0.3, -0.25) is 9.59 Å². The summed E-state index contributed by atoms with van der Waals surface area (Å²) in [6.45, 7) is 2.02. The Morgan fingerprint density at radius 2 is 1.70 bits per heavy atom. The summed E-state index contributed by atoms with van der Waals surface area (Å²) >= 11 is 0. The number of likely N-dealkylation sites (tertiary alicyclic amines) is 1. The van der Waals surface area contributed by atoms with Crippen molar-refractivity contribution in [2.24, 2.45) is 11.3 Å². The van der Waals surface area contributed by atoms with Crippen LogP contribution in [-0.2, 0) is 26.2 Å². The van der Waals surface area contributed by atoms with Gasteiger partial charge in [-0.2, -0.15) is 0 Å². The molecule has 1 aliphatic heterocycles. The molecule has 1 N–H and O–H groups in total. The number of sulfonamides is 1. The Balaban J connectivity index is 1.47. The fourth-order valence-electron chi connectivity index (χ4n) is 5.67. The molecular formula is C25H25F5N2O4S. The lowest BCUT2D eigenvalue weighted by Crippen LogP contribution is -2.47. The highest BCUT2D eigenvalue weighted by Gasteiger charge is 2.53. The van der Waals surface area contributed by atoms with Crippen LogP contribution in [0.5, 0.6) is 0 Å². The van der Waals surface area contributed by atoms with Gasteiger partial charge in [0.2, 0.25) is 11.8 Å². The normalized spacial score (nSPS) is 23.7. The lowest BCUT2D eigenvalue weighted by molar-refractivity contribution is -0.130. The van der Waals surface area contributed by atoms with Crippen molar-refractivity contribution in [3.8, 4) is 0 Å². The fraction of sp³-hybridized carbons (Fsp3) is 0.440. The molecule has 0 radical (unpaired) electrons. The monoisotopic (exact) mass is 544 g/mol. The molecule has 2 aliphatic rings. The summed E-state index contributed by atoms with van der Waals surface area (Å²) in [6.07, 6.45) is 2.36. The zero-order valence-corrected chi connectivity index (χ0v) is 20.7. The van der Waals surface area contributed by atoms with Crippen LogP contribution in [0.4, 0.5) is 22.0 Å². The van der Waals surface area contributed by atoms with Crippen molar-refractivity contribution < 1.29 is 40.0 Å². The first-order valence-corrected chi connectivity index (χ1v) is 13.2. The first-order valence-electron chi connectivity index (χ1n) is 11.7. The number of amides is 2. The van der Waals surface area contributed by atoms with E-state index in [4.69, 9.17) is 0 Å². The number of nitrogens with one attached hydrogen (secondary N) is 1. The van der Waals surface area contributed by atoms with Crippen LogP contribution in [0.15, 0.2) is 35.2 Å². The predicted molar refractivity (Wildman–Crippen MR) is 122 cm³/mol. The maximum absolute atomic E-state index is 13.9. The van der Waals surface area contributed by atoms with Crippen LogP contribution < -0.4 is 4.72 Å². The Labute approximate surface area is 210 Å². The average molecular weight is 545 g/mol. The van der Waals surface area contributed by atoms with Crippen LogP contribution in [0.3, 0.4) is 0 Å². The lowest BCUT2D eigenvalue weighted by Gasteiger charge is -2.44. The Hall–Kier alpha value is -3.02. The summed E-state index contributed by atoms with van der Waals surface area (Å²) in [5.41, 5.74) is 0.00816. The quantitative estimate of drug-likeness (QED) is 0.409. The van der Waals surface area contributed by atoms with Gasteiger partial charge in [-0.25, -0.2) is 35.1 Å². The molecule has 200 valence electrons. The fourth-order valence-corrected chi connectivity index (χ4v) is 6.76. The highest BCUT2D eigenvalue weighted by atomic mass is 32.2. The van der Waals surface area contributed by atoms with Crippen LogP contribution in [0.1, 0.15) is 51.0 Å². The molecule has 1 aliphatic carbocycles. The van der Waals surface area contributed by atoms with E-state index in [1.54, 1.807) is 9.62 Å². The van der Waals surface area contributed by atoms with E-state index in [-0.39, 0.29) is 55.8 Å². The summed E-state index contributed by atoms with van der Waals surface area (Å²) in [5.74, 6) is -8.02. The summed E-state index contributed by atoms with van der Waals surface area (Å²) < 4.78 is 94.1. The number of benzene rings is 2. The van der Waals surface area contributed by atoms with Crippen molar-refractivity contribution in [2.75, 3.05) is 0 Å². The molecule has 2 aromatic carbocycles. The molecule has 0 unspecified atom stereocenters. The van der Waals surface area contributed by atoms with E-state index in [1.807, 2.05) is 6.92 Å². The minimum Gasteiger partial charge on any atom is -0.335 e. The van der Waals surface area contributed by atoms with Gasteiger partial charge >= 0.3 is 0 Å². The SMILES string of the molecule is C[C@]12CCC[C@@H](CCC(=O)NS(=O)(=O)c3cc(F)c(F)cc3F)[C@H]1N(Cc1ccc(F)c(F)c1)C(=O)C2. The van der Waals surface area contributed by atoms with E-state index in [0.29, 0.717) is 12.0 Å². The Morgan fingerprint density at radius 1 is 1.03 bits per heavy atom. The second kappa shape index (κ2) is 10.0. The van der Waals surface area contributed by atoms with E-state index >= 15 is 0 Å². The highest BCUT2D eigenvalue weighted by molar-refractivity contribution is 7.90. The van der Waals surface area contributed by atoms with E-state index in [0.717, 1.165) is 25.0 Å². The average Bonchev–Trinajstić information content (AvgIpc) is 3.06. The smallest absolute Gasteiger partial charge is 0.267 e. The minimum absolute atomic E-state index is 0.0583. The number of halogens is 5. The summed E-state index contributed by atoms with van der Waals surface area (Å²) in [4.78, 5) is 25.8. The predicted octanol–water partition coefficient (Wildman–Crippen LogP) is 4.57. The number of hydrogen-bond acceptors (Lipinski definition) is 4. The molecule has 1 saturated heterocycles. The number of carbonyl (C=O) groups is 2. The molecule has 2 amide bonds. The van der Waals surface area contributed by atoms with E-state index in [2.05, 4.69) is 0 Å². The largest absolute Gasteiger partial charge is 0.335 e. The molecule has 2 fully saturated rings. The zero-order chi connectivity index (χ0) is 27.1. The number of carbonyl (C=O) groups excluding carboxylic acids is 2. The van der Waals surface area contributed by atoms with Crippen LogP contribution in [0.2, 0.25) is 0 Å². The second-order valence-corrected chi connectivity index (χ2v) is 11.6. The molecule has 0 spiro atoms. The molecule has 6 nitrogen and oxygen atoms in total. The third-order valence-corrected chi connectivity index (χ3v) is 8.67. The van der Waals surface area contributed by atoms with Crippen molar-refractivity contribution in [1.82, 2.24) is 9.62 Å². The van der Waals surface area contributed by atoms with Crippen LogP contribution in [0, 0.1) is 40.4 Å². The Bertz CT molecular complexity index is 1350. The number of nitrogens with zero attached hydrogens (tertiary/aromatic N) is 1. The number of hydrogen-bond donors (Lipinski definition) is 1. The molecular weight excluding hydrogens is 519 g/mol. The van der Waals surface area contributed by atoms with Gasteiger partial charge in [-0.1, -0.05) is 19.4 Å². The molecule has 0 aromatic heterocycles. The number of fused-ring (bicyclic) bond motifs is 1. The third kappa shape index (κ3) is 5.48. The zero-order valence-electron chi connectivity index (χ0n) is 19.9. The summed E-state index contributed by atoms with van der Waals surface area (Å²) in [6, 6.07) is 3.35. The second-order valence-electron chi connectivity index (χ2n) is 9.96. The summed E-state index contributed by atoms with van der Waals surface area (Å²) in [5, 5.41) is 0. The van der Waals surface area contributed by atoms with Crippen molar-refractivity contribution in [2.45, 2.75) is 62.9 Å². The Morgan fingerprint density at radius 3 is 2.41 bits per heavy atom. The molecule has 3 atom stereocenters. The first kappa shape index (κ1) is 27.0. The van der Waals surface area contributed by atoms with E-state index < -0.39 is 55.3 Å². The standard InChI is InChI=1S/C25H25F5N2O4S/c1-25-8-2-3-15(24(25)32(23(34)12-25)13-14-4-6-16(26)17(27)9-14)5-7-22(33)31-37(35,36)21-11-19(29)18(28)10-20(21)30/h4,6,9-11,15,24H,2-3,5,7-8,12-13H2,1H3,(H,31,33)/t15-,24+,25+/m0/s1. The van der Waals surface area contributed by atoms with Gasteiger partial charge in [0.1, 0.15) is 10.7 Å². The molecule has 4 rings (SSSR count). The van der Waals surface area contributed by atoms with E-state index in [9.17, 15) is 40.0 Å². The molecule has 37 heavy (non-hydrogen) atoms. The number of rotatable bonds is 7. The lowest BCUT2D eigenvalue weighted by atomic mass is 9.66. The first-order chi connectivity index (χ1) is 17.3. The maximum atomic E-state index is 13.9. The van der Waals surface area contributed by atoms with Gasteiger partial charge in [-0.15, -0.1) is 0 Å². The van der Waals surface area contributed by atoms with Crippen molar-refractivity contribution >= 4 is 21.8 Å². The van der Waals surface area contributed by atoms with Crippen molar-refractivity contribution in [3.05, 3.63) is 65.0 Å². The maximum Gasteiger partial charge on any atom is 0.267 e. The van der Waals surface area contributed by atoms with E-state index in [1.165, 1.54) is 6.07 Å². The molecule has 1 heterocycles. The van der Waals surface area contributed by atoms with Gasteiger partial charge in [0.25, 0.3) is 10.0 Å². The van der Waals surface area contributed by atoms with Gasteiger partial charge in [-0.05, 0) is 48.3 Å². The molecule has 0 bridgehead atoms. The van der Waals surface area contributed by atoms with Crippen LogP contribution >= 0.6 is 0 Å². The van der Waals surface area contributed by atoms with Crippen LogP contribution in [-0.4, -0.2) is 31.2 Å². The van der Waals surface area contributed by atoms with Crippen molar-refractivity contribution in [1.29, 1.82) is 0 Å². The molecule has 12 heteroatoms. The molecule has 2 aromatic rings. The van der Waals surface area contributed by atoms with Crippen molar-refractivity contribution in [3.63, 3.8) is 0 Å². The van der Waals surface area contributed by atoms with Gasteiger partial charge in [0, 0.05) is 37.6 Å². The highest BCUT2D eigenvalue weighted by Crippen LogP contribution is 2.51. The van der Waals surface area contributed by atoms with Gasteiger partial charge in [0.05, 0.1) is 0 Å². The van der Waals surface area contributed by atoms with Gasteiger partial charge < -0.3 is 4.90 Å². The topological polar surface area (TPSA) is 83.6 Å². The summed E-state index contributed by atoms with van der Waals surface area (Å²) in [7, 11) is -4.79. The third-order valence-electron chi connectivity index (χ3n) is 7.29.